The standard InChI is InChI=1S/C19H17FN2O/c1-11-3-6-16-15(12(11)2)10-17(21-16)19(23)22-8-7-13-4-5-14(20)9-18(13)22/h3-6,9-10,21H,7-8H2,1-2H3. The highest BCUT2D eigenvalue weighted by molar-refractivity contribution is 6.08. The molecule has 0 radical (unpaired) electrons. The monoisotopic (exact) mass is 308 g/mol. The van der Waals surface area contributed by atoms with E-state index in [-0.39, 0.29) is 11.7 Å². The number of rotatable bonds is 1. The predicted molar refractivity (Wildman–Crippen MR) is 89.6 cm³/mol. The van der Waals surface area contributed by atoms with Gasteiger partial charge in [-0.05, 0) is 61.2 Å². The van der Waals surface area contributed by atoms with Crippen LogP contribution in [0.15, 0.2) is 36.4 Å². The number of amides is 1. The molecule has 1 aromatic heterocycles. The number of aromatic nitrogens is 1. The Hall–Kier alpha value is -2.62. The second-order valence-corrected chi connectivity index (χ2v) is 6.13. The molecule has 0 saturated carbocycles. The number of H-pyrrole nitrogens is 1. The molecule has 4 rings (SSSR count). The summed E-state index contributed by atoms with van der Waals surface area (Å²) < 4.78 is 13.5. The van der Waals surface area contributed by atoms with E-state index in [9.17, 15) is 9.18 Å². The summed E-state index contributed by atoms with van der Waals surface area (Å²) in [6.07, 6.45) is 0.764. The van der Waals surface area contributed by atoms with Crippen molar-refractivity contribution in [1.29, 1.82) is 0 Å². The third-order valence-electron chi connectivity index (χ3n) is 4.76. The maximum atomic E-state index is 13.5. The molecule has 4 heteroatoms. The van der Waals surface area contributed by atoms with Crippen LogP contribution in [-0.4, -0.2) is 17.4 Å². The average Bonchev–Trinajstić information content (AvgIpc) is 3.14. The van der Waals surface area contributed by atoms with Crippen LogP contribution in [0.25, 0.3) is 10.9 Å². The van der Waals surface area contributed by atoms with E-state index in [4.69, 9.17) is 0 Å². The molecule has 3 nitrogen and oxygen atoms in total. The zero-order valence-electron chi connectivity index (χ0n) is 13.1. The first-order valence-electron chi connectivity index (χ1n) is 7.74. The molecular formula is C19H17FN2O. The van der Waals surface area contributed by atoms with E-state index in [0.717, 1.165) is 22.9 Å². The highest BCUT2D eigenvalue weighted by Crippen LogP contribution is 2.31. The van der Waals surface area contributed by atoms with Crippen molar-refractivity contribution in [3.63, 3.8) is 0 Å². The lowest BCUT2D eigenvalue weighted by molar-refractivity contribution is 0.0985. The van der Waals surface area contributed by atoms with Gasteiger partial charge in [-0.2, -0.15) is 0 Å². The average molecular weight is 308 g/mol. The zero-order chi connectivity index (χ0) is 16.1. The number of carbonyl (C=O) groups excluding carboxylic acids is 1. The van der Waals surface area contributed by atoms with Gasteiger partial charge in [-0.3, -0.25) is 4.79 Å². The Labute approximate surface area is 133 Å². The molecule has 1 N–H and O–H groups in total. The van der Waals surface area contributed by atoms with Gasteiger partial charge in [-0.1, -0.05) is 12.1 Å². The van der Waals surface area contributed by atoms with Gasteiger partial charge in [0.15, 0.2) is 0 Å². The van der Waals surface area contributed by atoms with Crippen LogP contribution < -0.4 is 4.90 Å². The highest BCUT2D eigenvalue weighted by atomic mass is 19.1. The molecule has 0 unspecified atom stereocenters. The van der Waals surface area contributed by atoms with Gasteiger partial charge in [0.2, 0.25) is 0 Å². The number of nitrogens with one attached hydrogen (secondary N) is 1. The van der Waals surface area contributed by atoms with Gasteiger partial charge < -0.3 is 9.88 Å². The van der Waals surface area contributed by atoms with Gasteiger partial charge in [-0.15, -0.1) is 0 Å². The van der Waals surface area contributed by atoms with Crippen LogP contribution in [0.3, 0.4) is 0 Å². The Morgan fingerprint density at radius 3 is 2.83 bits per heavy atom. The van der Waals surface area contributed by atoms with Crippen molar-refractivity contribution in [2.45, 2.75) is 20.3 Å². The Morgan fingerprint density at radius 1 is 1.17 bits per heavy atom. The van der Waals surface area contributed by atoms with Crippen LogP contribution in [0.4, 0.5) is 10.1 Å². The van der Waals surface area contributed by atoms with Gasteiger partial charge in [0, 0.05) is 17.4 Å². The van der Waals surface area contributed by atoms with E-state index < -0.39 is 0 Å². The SMILES string of the molecule is Cc1ccc2[nH]c(C(=O)N3CCc4ccc(F)cc43)cc2c1C. The zero-order valence-corrected chi connectivity index (χ0v) is 13.1. The number of aromatic amines is 1. The maximum Gasteiger partial charge on any atom is 0.274 e. The summed E-state index contributed by atoms with van der Waals surface area (Å²) in [5.74, 6) is -0.422. The van der Waals surface area contributed by atoms with Gasteiger partial charge >= 0.3 is 0 Å². The molecular weight excluding hydrogens is 291 g/mol. The Morgan fingerprint density at radius 2 is 2.00 bits per heavy atom. The molecule has 3 aromatic rings. The lowest BCUT2D eigenvalue weighted by Crippen LogP contribution is -2.29. The molecule has 0 bridgehead atoms. The third-order valence-corrected chi connectivity index (χ3v) is 4.76. The minimum absolute atomic E-state index is 0.109. The predicted octanol–water partition coefficient (Wildman–Crippen LogP) is 4.13. The molecule has 116 valence electrons. The Balaban J connectivity index is 1.77. The first-order valence-corrected chi connectivity index (χ1v) is 7.74. The van der Waals surface area contributed by atoms with Gasteiger partial charge in [0.25, 0.3) is 5.91 Å². The molecule has 1 amide bonds. The second-order valence-electron chi connectivity index (χ2n) is 6.13. The van der Waals surface area contributed by atoms with Crippen LogP contribution in [0.2, 0.25) is 0 Å². The van der Waals surface area contributed by atoms with Gasteiger partial charge in [0.05, 0.1) is 5.69 Å². The fourth-order valence-electron chi connectivity index (χ4n) is 3.28. The summed E-state index contributed by atoms with van der Waals surface area (Å²) >= 11 is 0. The number of aryl methyl sites for hydroxylation is 2. The van der Waals surface area contributed by atoms with Crippen molar-refractivity contribution in [2.24, 2.45) is 0 Å². The van der Waals surface area contributed by atoms with E-state index in [1.165, 1.54) is 23.3 Å². The molecule has 0 atom stereocenters. The normalized spacial score (nSPS) is 13.6. The van der Waals surface area contributed by atoms with Crippen LogP contribution in [0.1, 0.15) is 27.2 Å². The van der Waals surface area contributed by atoms with Crippen molar-refractivity contribution in [1.82, 2.24) is 4.98 Å². The van der Waals surface area contributed by atoms with Gasteiger partial charge in [0.1, 0.15) is 11.5 Å². The van der Waals surface area contributed by atoms with E-state index >= 15 is 0 Å². The molecule has 1 aliphatic rings. The lowest BCUT2D eigenvalue weighted by Gasteiger charge is -2.16. The number of fused-ring (bicyclic) bond motifs is 2. The fraction of sp³-hybridized carbons (Fsp3) is 0.211. The summed E-state index contributed by atoms with van der Waals surface area (Å²) in [6, 6.07) is 10.6. The summed E-state index contributed by atoms with van der Waals surface area (Å²) in [5.41, 5.74) is 5.57. The van der Waals surface area contributed by atoms with Crippen molar-refractivity contribution >= 4 is 22.5 Å². The molecule has 23 heavy (non-hydrogen) atoms. The molecule has 0 fully saturated rings. The summed E-state index contributed by atoms with van der Waals surface area (Å²) in [4.78, 5) is 17.7. The smallest absolute Gasteiger partial charge is 0.274 e. The van der Waals surface area contributed by atoms with Crippen LogP contribution >= 0.6 is 0 Å². The summed E-state index contributed by atoms with van der Waals surface area (Å²) in [7, 11) is 0. The first-order chi connectivity index (χ1) is 11.0. The van der Waals surface area contributed by atoms with Crippen molar-refractivity contribution < 1.29 is 9.18 Å². The number of carbonyl (C=O) groups is 1. The van der Waals surface area contributed by atoms with Crippen LogP contribution in [-0.2, 0) is 6.42 Å². The van der Waals surface area contributed by atoms with Crippen molar-refractivity contribution in [2.75, 3.05) is 11.4 Å². The third kappa shape index (κ3) is 2.13. The number of hydrogen-bond acceptors (Lipinski definition) is 1. The summed E-state index contributed by atoms with van der Waals surface area (Å²) in [6.45, 7) is 4.70. The number of benzene rings is 2. The van der Waals surface area contributed by atoms with E-state index in [2.05, 4.69) is 18.8 Å². The molecule has 0 aliphatic carbocycles. The van der Waals surface area contributed by atoms with Crippen LogP contribution in [0, 0.1) is 19.7 Å². The van der Waals surface area contributed by atoms with E-state index in [1.54, 1.807) is 11.0 Å². The molecule has 1 aliphatic heterocycles. The maximum absolute atomic E-state index is 13.5. The number of hydrogen-bond donors (Lipinski definition) is 1. The topological polar surface area (TPSA) is 36.1 Å². The summed E-state index contributed by atoms with van der Waals surface area (Å²) in [5, 5.41) is 1.06. The number of nitrogens with zero attached hydrogens (tertiary/aromatic N) is 1. The van der Waals surface area contributed by atoms with Crippen molar-refractivity contribution in [3.05, 3.63) is 64.6 Å². The minimum atomic E-state index is -0.313. The Kier molecular flexibility index (Phi) is 3.01. The molecule has 2 aromatic carbocycles. The van der Waals surface area contributed by atoms with Crippen LogP contribution in [0.5, 0.6) is 0 Å². The fourth-order valence-corrected chi connectivity index (χ4v) is 3.28. The lowest BCUT2D eigenvalue weighted by atomic mass is 10.1. The highest BCUT2D eigenvalue weighted by Gasteiger charge is 2.27. The van der Waals surface area contributed by atoms with E-state index in [1.807, 2.05) is 18.2 Å². The van der Waals surface area contributed by atoms with Gasteiger partial charge in [-0.25, -0.2) is 4.39 Å². The first kappa shape index (κ1) is 14.0. The van der Waals surface area contributed by atoms with E-state index in [0.29, 0.717) is 17.9 Å². The number of halogens is 1. The Bertz CT molecular complexity index is 942. The minimum Gasteiger partial charge on any atom is -0.351 e. The molecule has 0 saturated heterocycles. The second kappa shape index (κ2) is 4.95. The number of anilines is 1. The largest absolute Gasteiger partial charge is 0.351 e. The molecule has 0 spiro atoms. The van der Waals surface area contributed by atoms with Crippen molar-refractivity contribution in [3.8, 4) is 0 Å². The quantitative estimate of drug-likeness (QED) is 0.721. The molecule has 2 heterocycles.